The minimum Gasteiger partial charge on any atom is -0.487 e. The van der Waals surface area contributed by atoms with Gasteiger partial charge in [-0.1, -0.05) is 51.2 Å². The maximum Gasteiger partial charge on any atom is 0.422 e. The zero-order valence-electron chi connectivity index (χ0n) is 14.9. The summed E-state index contributed by atoms with van der Waals surface area (Å²) in [6.07, 6.45) is 6.43. The molecule has 0 saturated heterocycles. The zero-order chi connectivity index (χ0) is 17.8. The molecule has 0 spiro atoms. The minimum atomic E-state index is -1.03. The van der Waals surface area contributed by atoms with E-state index in [0.29, 0.717) is 5.75 Å². The van der Waals surface area contributed by atoms with Gasteiger partial charge in [0, 0.05) is 0 Å². The lowest BCUT2D eigenvalue weighted by molar-refractivity contribution is -0.162. The quantitative estimate of drug-likeness (QED) is 0.276. The van der Waals surface area contributed by atoms with Crippen molar-refractivity contribution >= 4 is 11.9 Å². The molecule has 0 atom stereocenters. The van der Waals surface area contributed by atoms with Crippen molar-refractivity contribution in [3.63, 3.8) is 0 Å². The maximum absolute atomic E-state index is 11.8. The Morgan fingerprint density at radius 1 is 0.917 bits per heavy atom. The molecule has 0 heterocycles. The predicted octanol–water partition coefficient (Wildman–Crippen LogP) is 4.28. The Hall–Kier alpha value is -2.04. The second kappa shape index (κ2) is 11.5. The van der Waals surface area contributed by atoms with Crippen LogP contribution in [0.1, 0.15) is 59.3 Å². The Bertz CT molecular complexity index is 510. The summed E-state index contributed by atoms with van der Waals surface area (Å²) in [5, 5.41) is 0. The Kier molecular flexibility index (Phi) is 9.58. The molecule has 0 fully saturated rings. The summed E-state index contributed by atoms with van der Waals surface area (Å²) in [6.45, 7) is 6.14. The van der Waals surface area contributed by atoms with Crippen LogP contribution in [-0.4, -0.2) is 24.6 Å². The fraction of sp³-hybridized carbons (Fsp3) is 0.579. The largest absolute Gasteiger partial charge is 0.487 e. The van der Waals surface area contributed by atoms with Crippen molar-refractivity contribution in [1.82, 2.24) is 0 Å². The summed E-state index contributed by atoms with van der Waals surface area (Å²) >= 11 is 0. The van der Waals surface area contributed by atoms with Crippen LogP contribution in [0.25, 0.3) is 0 Å². The molecule has 0 aromatic heterocycles. The topological polar surface area (TPSA) is 61.8 Å². The van der Waals surface area contributed by atoms with Gasteiger partial charge in [-0.05, 0) is 32.4 Å². The van der Waals surface area contributed by atoms with Crippen LogP contribution in [0.2, 0.25) is 0 Å². The number of rotatable bonds is 10. The molecule has 24 heavy (non-hydrogen) atoms. The number of carbonyl (C=O) groups is 2. The van der Waals surface area contributed by atoms with Crippen LogP contribution < -0.4 is 9.47 Å². The third kappa shape index (κ3) is 7.99. The van der Waals surface area contributed by atoms with Gasteiger partial charge >= 0.3 is 11.9 Å². The van der Waals surface area contributed by atoms with Crippen LogP contribution in [0, 0.1) is 0 Å². The van der Waals surface area contributed by atoms with Gasteiger partial charge in [-0.3, -0.25) is 0 Å². The van der Waals surface area contributed by atoms with Crippen LogP contribution in [-0.2, 0) is 14.3 Å². The van der Waals surface area contributed by atoms with Crippen molar-refractivity contribution < 1.29 is 23.8 Å². The number of hydrogen-bond donors (Lipinski definition) is 0. The van der Waals surface area contributed by atoms with Gasteiger partial charge in [0.05, 0.1) is 12.7 Å². The lowest BCUT2D eigenvalue weighted by Gasteiger charge is -2.13. The Balaban J connectivity index is 2.35. The average Bonchev–Trinajstić information content (AvgIpc) is 2.55. The molecule has 0 amide bonds. The third-order valence-electron chi connectivity index (χ3n) is 3.31. The second-order valence-corrected chi connectivity index (χ2v) is 5.91. The standard InChI is InChI=1S/C19H28O5/c1-4-5-6-7-8-11-14-22-18(20)19(21)24-17-13-10-9-12-16(17)23-15(2)3/h9-10,12-13,15H,4-8,11,14H2,1-3H3. The first-order chi connectivity index (χ1) is 11.5. The molecule has 0 aliphatic heterocycles. The Morgan fingerprint density at radius 2 is 1.54 bits per heavy atom. The molecule has 1 aromatic rings. The zero-order valence-corrected chi connectivity index (χ0v) is 14.9. The van der Waals surface area contributed by atoms with E-state index in [1.807, 2.05) is 13.8 Å². The summed E-state index contributed by atoms with van der Waals surface area (Å²) in [5.74, 6) is -1.36. The number of benzene rings is 1. The fourth-order valence-electron chi connectivity index (χ4n) is 2.13. The van der Waals surface area contributed by atoms with Crippen molar-refractivity contribution in [3.8, 4) is 11.5 Å². The van der Waals surface area contributed by atoms with E-state index in [1.165, 1.54) is 19.3 Å². The molecule has 0 aliphatic carbocycles. The highest BCUT2D eigenvalue weighted by Crippen LogP contribution is 2.27. The van der Waals surface area contributed by atoms with E-state index in [4.69, 9.17) is 14.2 Å². The first-order valence-electron chi connectivity index (χ1n) is 8.69. The number of unbranched alkanes of at least 4 members (excludes halogenated alkanes) is 5. The molecule has 1 rings (SSSR count). The van der Waals surface area contributed by atoms with Gasteiger partial charge in [0.25, 0.3) is 0 Å². The number of para-hydroxylation sites is 2. The molecule has 0 unspecified atom stereocenters. The molecule has 0 bridgehead atoms. The monoisotopic (exact) mass is 336 g/mol. The fourth-order valence-corrected chi connectivity index (χ4v) is 2.13. The summed E-state index contributed by atoms with van der Waals surface area (Å²) < 4.78 is 15.6. The van der Waals surface area contributed by atoms with Crippen LogP contribution in [0.4, 0.5) is 0 Å². The highest BCUT2D eigenvalue weighted by molar-refractivity contribution is 6.30. The molecular weight excluding hydrogens is 308 g/mol. The van der Waals surface area contributed by atoms with Crippen LogP contribution >= 0.6 is 0 Å². The molecule has 1 aromatic carbocycles. The van der Waals surface area contributed by atoms with E-state index >= 15 is 0 Å². The van der Waals surface area contributed by atoms with Crippen molar-refractivity contribution in [2.24, 2.45) is 0 Å². The molecule has 5 nitrogen and oxygen atoms in total. The second-order valence-electron chi connectivity index (χ2n) is 5.91. The van der Waals surface area contributed by atoms with E-state index < -0.39 is 11.9 Å². The molecule has 0 saturated carbocycles. The van der Waals surface area contributed by atoms with Crippen molar-refractivity contribution in [1.29, 1.82) is 0 Å². The van der Waals surface area contributed by atoms with E-state index in [2.05, 4.69) is 6.92 Å². The van der Waals surface area contributed by atoms with Crippen molar-refractivity contribution in [2.45, 2.75) is 65.4 Å². The summed E-state index contributed by atoms with van der Waals surface area (Å²) in [7, 11) is 0. The smallest absolute Gasteiger partial charge is 0.422 e. The van der Waals surface area contributed by atoms with Gasteiger partial charge in [-0.2, -0.15) is 0 Å². The molecule has 5 heteroatoms. The number of ether oxygens (including phenoxy) is 3. The minimum absolute atomic E-state index is 0.0653. The van der Waals surface area contributed by atoms with E-state index in [0.717, 1.165) is 19.3 Å². The van der Waals surface area contributed by atoms with Gasteiger partial charge in [0.2, 0.25) is 0 Å². The normalized spacial score (nSPS) is 10.5. The highest BCUT2D eigenvalue weighted by atomic mass is 16.6. The van der Waals surface area contributed by atoms with Crippen molar-refractivity contribution in [3.05, 3.63) is 24.3 Å². The van der Waals surface area contributed by atoms with Gasteiger partial charge in [-0.25, -0.2) is 9.59 Å². The summed E-state index contributed by atoms with van der Waals surface area (Å²) in [4.78, 5) is 23.5. The van der Waals surface area contributed by atoms with E-state index in [1.54, 1.807) is 24.3 Å². The molecule has 134 valence electrons. The molecular formula is C19H28O5. The van der Waals surface area contributed by atoms with E-state index in [9.17, 15) is 9.59 Å². The predicted molar refractivity (Wildman–Crippen MR) is 92.2 cm³/mol. The van der Waals surface area contributed by atoms with Gasteiger partial charge in [0.15, 0.2) is 11.5 Å². The molecule has 0 radical (unpaired) electrons. The SMILES string of the molecule is CCCCCCCCOC(=O)C(=O)Oc1ccccc1OC(C)C. The van der Waals surface area contributed by atoms with Gasteiger partial charge in [0.1, 0.15) is 0 Å². The number of carbonyl (C=O) groups excluding carboxylic acids is 2. The van der Waals surface area contributed by atoms with Gasteiger partial charge < -0.3 is 14.2 Å². The van der Waals surface area contributed by atoms with Crippen LogP contribution in [0.5, 0.6) is 11.5 Å². The van der Waals surface area contributed by atoms with Crippen LogP contribution in [0.3, 0.4) is 0 Å². The molecule has 0 aliphatic rings. The lowest BCUT2D eigenvalue weighted by Crippen LogP contribution is -2.23. The van der Waals surface area contributed by atoms with Crippen LogP contribution in [0.15, 0.2) is 24.3 Å². The third-order valence-corrected chi connectivity index (χ3v) is 3.31. The first kappa shape index (κ1) is 20.0. The maximum atomic E-state index is 11.8. The Morgan fingerprint density at radius 3 is 2.21 bits per heavy atom. The average molecular weight is 336 g/mol. The summed E-state index contributed by atoms with van der Waals surface area (Å²) in [5.41, 5.74) is 0. The highest BCUT2D eigenvalue weighted by Gasteiger charge is 2.20. The van der Waals surface area contributed by atoms with Crippen molar-refractivity contribution in [2.75, 3.05) is 6.61 Å². The first-order valence-corrected chi connectivity index (χ1v) is 8.69. The lowest BCUT2D eigenvalue weighted by atomic mass is 10.1. The van der Waals surface area contributed by atoms with Gasteiger partial charge in [-0.15, -0.1) is 0 Å². The summed E-state index contributed by atoms with van der Waals surface area (Å²) in [6, 6.07) is 6.74. The number of esters is 2. The molecule has 0 N–H and O–H groups in total. The van der Waals surface area contributed by atoms with E-state index in [-0.39, 0.29) is 18.5 Å². The number of hydrogen-bond acceptors (Lipinski definition) is 5. The Labute approximate surface area is 144 Å².